The Labute approximate surface area is 170 Å². The summed E-state index contributed by atoms with van der Waals surface area (Å²) >= 11 is 2.20. The first kappa shape index (κ1) is 21.2. The summed E-state index contributed by atoms with van der Waals surface area (Å²) in [5.41, 5.74) is 0.403. The van der Waals surface area contributed by atoms with E-state index in [9.17, 15) is 4.79 Å². The van der Waals surface area contributed by atoms with Crippen LogP contribution in [0, 0.1) is 3.70 Å². The SMILES string of the molecule is CC(C)(C)OC(=O)Cn1nc(I)c2cc(O[Si](C)(C)C(C)(C)C)ccc21. The maximum absolute atomic E-state index is 12.1. The van der Waals surface area contributed by atoms with Crippen LogP contribution in [0.5, 0.6) is 5.75 Å². The summed E-state index contributed by atoms with van der Waals surface area (Å²) in [7, 11) is -1.90. The molecule has 0 N–H and O–H groups in total. The first-order chi connectivity index (χ1) is 11.7. The highest BCUT2D eigenvalue weighted by Gasteiger charge is 2.39. The lowest BCUT2D eigenvalue weighted by Gasteiger charge is -2.36. The largest absolute Gasteiger partial charge is 0.543 e. The Morgan fingerprint density at radius 1 is 1.19 bits per heavy atom. The standard InChI is InChI=1S/C19H29IN2O3Si/c1-18(2,3)24-16(23)12-22-15-10-9-13(11-14(15)17(20)21-22)25-26(7,8)19(4,5)6/h9-11H,12H2,1-8H3. The van der Waals surface area contributed by atoms with Gasteiger partial charge in [0, 0.05) is 5.39 Å². The fourth-order valence-corrected chi connectivity index (χ4v) is 3.96. The van der Waals surface area contributed by atoms with E-state index in [4.69, 9.17) is 9.16 Å². The van der Waals surface area contributed by atoms with E-state index < -0.39 is 13.9 Å². The Bertz CT molecular complexity index is 817. The molecule has 0 unspecified atom stereocenters. The van der Waals surface area contributed by atoms with Crippen molar-refractivity contribution in [3.05, 3.63) is 21.9 Å². The number of ether oxygens (including phenoxy) is 1. The quantitative estimate of drug-likeness (QED) is 0.330. The van der Waals surface area contributed by atoms with Crippen molar-refractivity contribution in [3.8, 4) is 5.75 Å². The van der Waals surface area contributed by atoms with Gasteiger partial charge in [-0.05, 0) is 79.7 Å². The van der Waals surface area contributed by atoms with Crippen LogP contribution in [-0.4, -0.2) is 29.7 Å². The van der Waals surface area contributed by atoms with E-state index in [1.54, 1.807) is 4.68 Å². The number of hydrogen-bond acceptors (Lipinski definition) is 4. The van der Waals surface area contributed by atoms with Gasteiger partial charge in [0.15, 0.2) is 0 Å². The Kier molecular flexibility index (Phi) is 5.83. The fraction of sp³-hybridized carbons (Fsp3) is 0.579. The Hall–Kier alpha value is -1.09. The van der Waals surface area contributed by atoms with Crippen LogP contribution in [0.4, 0.5) is 0 Å². The smallest absolute Gasteiger partial charge is 0.328 e. The van der Waals surface area contributed by atoms with Crippen molar-refractivity contribution in [2.24, 2.45) is 0 Å². The zero-order valence-electron chi connectivity index (χ0n) is 16.9. The summed E-state index contributed by atoms with van der Waals surface area (Å²) in [5.74, 6) is 0.568. The van der Waals surface area contributed by atoms with Crippen LogP contribution in [0.1, 0.15) is 41.5 Å². The number of aromatic nitrogens is 2. The third kappa shape index (κ3) is 5.00. The van der Waals surface area contributed by atoms with Gasteiger partial charge in [-0.3, -0.25) is 9.48 Å². The summed E-state index contributed by atoms with van der Waals surface area (Å²) in [4.78, 5) is 12.1. The maximum Gasteiger partial charge on any atom is 0.328 e. The zero-order valence-corrected chi connectivity index (χ0v) is 20.1. The molecule has 2 rings (SSSR count). The predicted molar refractivity (Wildman–Crippen MR) is 116 cm³/mol. The minimum atomic E-state index is -1.90. The lowest BCUT2D eigenvalue weighted by Crippen LogP contribution is -2.43. The summed E-state index contributed by atoms with van der Waals surface area (Å²) in [5, 5.41) is 5.63. The van der Waals surface area contributed by atoms with E-state index in [2.05, 4.69) is 61.6 Å². The van der Waals surface area contributed by atoms with Crippen molar-refractivity contribution in [1.29, 1.82) is 0 Å². The number of fused-ring (bicyclic) bond motifs is 1. The average molecular weight is 488 g/mol. The molecule has 0 aliphatic heterocycles. The van der Waals surface area contributed by atoms with Gasteiger partial charge in [-0.15, -0.1) is 0 Å². The number of rotatable bonds is 4. The van der Waals surface area contributed by atoms with Crippen molar-refractivity contribution in [2.45, 2.75) is 71.8 Å². The second-order valence-corrected chi connectivity index (χ2v) is 14.8. The molecule has 0 spiro atoms. The molecule has 0 fully saturated rings. The molecule has 7 heteroatoms. The number of esters is 1. The molecule has 0 saturated heterocycles. The van der Waals surface area contributed by atoms with E-state index in [0.29, 0.717) is 0 Å². The normalized spacial score (nSPS) is 13.1. The molecule has 0 bridgehead atoms. The second-order valence-electron chi connectivity index (χ2n) is 9.08. The number of halogens is 1. The van der Waals surface area contributed by atoms with Gasteiger partial charge in [-0.25, -0.2) is 0 Å². The van der Waals surface area contributed by atoms with Crippen LogP contribution >= 0.6 is 22.6 Å². The minimum Gasteiger partial charge on any atom is -0.543 e. The van der Waals surface area contributed by atoms with Gasteiger partial charge in [0.2, 0.25) is 8.32 Å². The van der Waals surface area contributed by atoms with Crippen molar-refractivity contribution < 1.29 is 14.0 Å². The molecule has 26 heavy (non-hydrogen) atoms. The van der Waals surface area contributed by atoms with Crippen LogP contribution in [0.15, 0.2) is 18.2 Å². The Balaban J connectivity index is 2.29. The highest BCUT2D eigenvalue weighted by Crippen LogP contribution is 2.38. The molecule has 1 aromatic carbocycles. The van der Waals surface area contributed by atoms with E-state index >= 15 is 0 Å². The minimum absolute atomic E-state index is 0.0964. The molecule has 1 heterocycles. The molecular weight excluding hydrogens is 459 g/mol. The highest BCUT2D eigenvalue weighted by atomic mass is 127. The van der Waals surface area contributed by atoms with E-state index in [1.807, 2.05) is 39.0 Å². The predicted octanol–water partition coefficient (Wildman–Crippen LogP) is 5.37. The summed E-state index contributed by atoms with van der Waals surface area (Å²) in [6.45, 7) is 16.8. The van der Waals surface area contributed by atoms with Gasteiger partial charge in [-0.2, -0.15) is 5.10 Å². The molecular formula is C19H29IN2O3Si. The zero-order chi connectivity index (χ0) is 19.9. The highest BCUT2D eigenvalue weighted by molar-refractivity contribution is 14.1. The number of carbonyl (C=O) groups is 1. The molecule has 5 nitrogen and oxygen atoms in total. The fourth-order valence-electron chi connectivity index (χ4n) is 2.25. The van der Waals surface area contributed by atoms with Gasteiger partial charge < -0.3 is 9.16 Å². The van der Waals surface area contributed by atoms with Crippen LogP contribution in [0.3, 0.4) is 0 Å². The summed E-state index contributed by atoms with van der Waals surface area (Å²) in [6.07, 6.45) is 0. The second kappa shape index (κ2) is 7.14. The molecule has 0 saturated carbocycles. The Morgan fingerprint density at radius 2 is 1.81 bits per heavy atom. The Morgan fingerprint density at radius 3 is 2.35 bits per heavy atom. The molecule has 0 aliphatic rings. The molecule has 0 radical (unpaired) electrons. The molecule has 0 aliphatic carbocycles. The van der Waals surface area contributed by atoms with Crippen molar-refractivity contribution in [3.63, 3.8) is 0 Å². The van der Waals surface area contributed by atoms with Crippen molar-refractivity contribution >= 4 is 47.8 Å². The van der Waals surface area contributed by atoms with Gasteiger partial charge in [-0.1, -0.05) is 20.8 Å². The first-order valence-corrected chi connectivity index (χ1v) is 12.8. The third-order valence-corrected chi connectivity index (χ3v) is 9.71. The number of hydrogen-bond donors (Lipinski definition) is 0. The van der Waals surface area contributed by atoms with Crippen LogP contribution in [0.2, 0.25) is 18.1 Å². The monoisotopic (exact) mass is 488 g/mol. The first-order valence-electron chi connectivity index (χ1n) is 8.76. The van der Waals surface area contributed by atoms with E-state index in [0.717, 1.165) is 20.4 Å². The van der Waals surface area contributed by atoms with E-state index in [-0.39, 0.29) is 17.6 Å². The molecule has 1 aromatic heterocycles. The van der Waals surface area contributed by atoms with Crippen molar-refractivity contribution in [1.82, 2.24) is 9.78 Å². The van der Waals surface area contributed by atoms with Crippen LogP contribution < -0.4 is 4.43 Å². The van der Waals surface area contributed by atoms with Crippen molar-refractivity contribution in [2.75, 3.05) is 0 Å². The summed E-state index contributed by atoms with van der Waals surface area (Å²) < 4.78 is 14.3. The van der Waals surface area contributed by atoms with Gasteiger partial charge >= 0.3 is 5.97 Å². The number of benzene rings is 1. The molecule has 0 amide bonds. The third-order valence-electron chi connectivity index (χ3n) is 4.55. The van der Waals surface area contributed by atoms with Gasteiger partial charge in [0.1, 0.15) is 21.6 Å². The van der Waals surface area contributed by atoms with Crippen LogP contribution in [0.25, 0.3) is 10.9 Å². The van der Waals surface area contributed by atoms with Crippen LogP contribution in [-0.2, 0) is 16.1 Å². The number of carbonyl (C=O) groups excluding carboxylic acids is 1. The average Bonchev–Trinajstić information content (AvgIpc) is 2.71. The number of nitrogens with zero attached hydrogens (tertiary/aromatic N) is 2. The van der Waals surface area contributed by atoms with Gasteiger partial charge in [0.25, 0.3) is 0 Å². The maximum atomic E-state index is 12.1. The summed E-state index contributed by atoms with van der Waals surface area (Å²) in [6, 6.07) is 5.96. The van der Waals surface area contributed by atoms with E-state index in [1.165, 1.54) is 0 Å². The lowest BCUT2D eigenvalue weighted by molar-refractivity contribution is -0.155. The molecule has 2 aromatic rings. The molecule has 0 atom stereocenters. The topological polar surface area (TPSA) is 53.4 Å². The van der Waals surface area contributed by atoms with Gasteiger partial charge in [0.05, 0.1) is 5.52 Å². The molecule has 144 valence electrons. The lowest BCUT2D eigenvalue weighted by atomic mass is 10.2.